The number of benzene rings is 2. The Bertz CT molecular complexity index is 1160. The minimum absolute atomic E-state index is 0.000735. The van der Waals surface area contributed by atoms with Gasteiger partial charge in [0.15, 0.2) is 17.3 Å². The number of methoxy groups -OCH3 is 2. The first-order valence-electron chi connectivity index (χ1n) is 8.87. The molecule has 0 aliphatic heterocycles. The molecular formula is C22H18N2O3S2. The highest BCUT2D eigenvalue weighted by atomic mass is 32.2. The molecule has 0 amide bonds. The van der Waals surface area contributed by atoms with Gasteiger partial charge in [-0.25, -0.2) is 9.97 Å². The third-order valence-corrected chi connectivity index (χ3v) is 6.34. The molecule has 0 aliphatic carbocycles. The van der Waals surface area contributed by atoms with E-state index in [0.29, 0.717) is 17.1 Å². The number of hydrogen-bond acceptors (Lipinski definition) is 7. The van der Waals surface area contributed by atoms with Gasteiger partial charge in [-0.3, -0.25) is 4.79 Å². The number of thiophene rings is 1. The summed E-state index contributed by atoms with van der Waals surface area (Å²) in [6.45, 7) is 0. The fourth-order valence-corrected chi connectivity index (χ4v) is 4.90. The highest BCUT2D eigenvalue weighted by Crippen LogP contribution is 2.38. The number of aromatic nitrogens is 2. The molecule has 0 saturated carbocycles. The van der Waals surface area contributed by atoms with Crippen molar-refractivity contribution in [1.82, 2.24) is 9.97 Å². The monoisotopic (exact) mass is 422 g/mol. The summed E-state index contributed by atoms with van der Waals surface area (Å²) in [5.74, 6) is 1.40. The van der Waals surface area contributed by atoms with Crippen LogP contribution < -0.4 is 9.47 Å². The van der Waals surface area contributed by atoms with Crippen LogP contribution in [0.2, 0.25) is 0 Å². The summed E-state index contributed by atoms with van der Waals surface area (Å²) in [6.07, 6.45) is 1.55. The molecule has 5 nitrogen and oxygen atoms in total. The first-order valence-corrected chi connectivity index (χ1v) is 10.7. The minimum atomic E-state index is -0.000735. The van der Waals surface area contributed by atoms with E-state index in [1.165, 1.54) is 11.8 Å². The molecule has 0 spiro atoms. The molecule has 2 heterocycles. The standard InChI is InChI=1S/C22H18N2O3S2/c1-26-18-9-8-15(10-19(18)27-2)17(25)12-29-22-20-16(14-6-4-3-5-7-14)11-28-21(20)23-13-24-22/h3-11,13H,12H2,1-2H3. The Balaban J connectivity index is 1.60. The Kier molecular flexibility index (Phi) is 5.78. The van der Waals surface area contributed by atoms with Crippen LogP contribution in [0.4, 0.5) is 0 Å². The molecule has 2 aromatic carbocycles. The van der Waals surface area contributed by atoms with Gasteiger partial charge in [0, 0.05) is 16.5 Å². The number of carbonyl (C=O) groups excluding carboxylic acids is 1. The number of ether oxygens (including phenoxy) is 2. The Hall–Kier alpha value is -2.90. The number of hydrogen-bond donors (Lipinski definition) is 0. The van der Waals surface area contributed by atoms with E-state index in [1.807, 2.05) is 18.2 Å². The molecule has 0 saturated heterocycles. The van der Waals surface area contributed by atoms with Crippen LogP contribution in [0.1, 0.15) is 10.4 Å². The van der Waals surface area contributed by atoms with Crippen molar-refractivity contribution in [3.63, 3.8) is 0 Å². The third-order valence-electron chi connectivity index (χ3n) is 4.47. The molecule has 29 heavy (non-hydrogen) atoms. The number of thioether (sulfide) groups is 1. The molecule has 0 fully saturated rings. The number of fused-ring (bicyclic) bond motifs is 1. The van der Waals surface area contributed by atoms with Crippen LogP contribution in [0.25, 0.3) is 21.3 Å². The fourth-order valence-electron chi connectivity index (χ4n) is 3.01. The maximum Gasteiger partial charge on any atom is 0.173 e. The molecular weight excluding hydrogens is 404 g/mol. The highest BCUT2D eigenvalue weighted by molar-refractivity contribution is 8.00. The van der Waals surface area contributed by atoms with Crippen LogP contribution in [-0.2, 0) is 0 Å². The van der Waals surface area contributed by atoms with E-state index in [9.17, 15) is 4.79 Å². The molecule has 0 atom stereocenters. The van der Waals surface area contributed by atoms with Gasteiger partial charge in [-0.15, -0.1) is 11.3 Å². The van der Waals surface area contributed by atoms with Crippen molar-refractivity contribution in [2.24, 2.45) is 0 Å². The van der Waals surface area contributed by atoms with Crippen molar-refractivity contribution in [3.8, 4) is 22.6 Å². The van der Waals surface area contributed by atoms with Gasteiger partial charge in [0.05, 0.1) is 25.4 Å². The van der Waals surface area contributed by atoms with Crippen molar-refractivity contribution >= 4 is 39.1 Å². The van der Waals surface area contributed by atoms with Crippen LogP contribution in [0, 0.1) is 0 Å². The zero-order valence-electron chi connectivity index (χ0n) is 15.9. The molecule has 2 aromatic heterocycles. The molecule has 4 aromatic rings. The third kappa shape index (κ3) is 3.97. The zero-order chi connectivity index (χ0) is 20.2. The molecule has 0 N–H and O–H groups in total. The number of carbonyl (C=O) groups is 1. The lowest BCUT2D eigenvalue weighted by Gasteiger charge is -2.09. The summed E-state index contributed by atoms with van der Waals surface area (Å²) in [5, 5.41) is 3.90. The van der Waals surface area contributed by atoms with Crippen molar-refractivity contribution < 1.29 is 14.3 Å². The van der Waals surface area contributed by atoms with Crippen molar-refractivity contribution in [3.05, 3.63) is 65.8 Å². The molecule has 0 bridgehead atoms. The minimum Gasteiger partial charge on any atom is -0.493 e. The van der Waals surface area contributed by atoms with Gasteiger partial charge in [0.1, 0.15) is 16.2 Å². The van der Waals surface area contributed by atoms with E-state index in [1.54, 1.807) is 50.1 Å². The maximum absolute atomic E-state index is 12.8. The normalized spacial score (nSPS) is 10.8. The largest absolute Gasteiger partial charge is 0.493 e. The van der Waals surface area contributed by atoms with Crippen LogP contribution in [-0.4, -0.2) is 35.7 Å². The van der Waals surface area contributed by atoms with Crippen LogP contribution in [0.3, 0.4) is 0 Å². The summed E-state index contributed by atoms with van der Waals surface area (Å²) in [4.78, 5) is 22.5. The van der Waals surface area contributed by atoms with Crippen LogP contribution in [0.5, 0.6) is 11.5 Å². The summed E-state index contributed by atoms with van der Waals surface area (Å²) >= 11 is 3.01. The van der Waals surface area contributed by atoms with Gasteiger partial charge in [0.25, 0.3) is 0 Å². The Morgan fingerprint density at radius 1 is 1.03 bits per heavy atom. The van der Waals surface area contributed by atoms with E-state index in [4.69, 9.17) is 9.47 Å². The van der Waals surface area contributed by atoms with Gasteiger partial charge >= 0.3 is 0 Å². The SMILES string of the molecule is COc1ccc(C(=O)CSc2ncnc3scc(-c4ccccc4)c23)cc1OC. The van der Waals surface area contributed by atoms with E-state index in [-0.39, 0.29) is 11.5 Å². The van der Waals surface area contributed by atoms with Gasteiger partial charge < -0.3 is 9.47 Å². The first-order chi connectivity index (χ1) is 14.2. The number of nitrogens with zero attached hydrogens (tertiary/aromatic N) is 2. The zero-order valence-corrected chi connectivity index (χ0v) is 17.5. The molecule has 0 radical (unpaired) electrons. The van der Waals surface area contributed by atoms with Crippen molar-refractivity contribution in [2.75, 3.05) is 20.0 Å². The predicted molar refractivity (Wildman–Crippen MR) is 117 cm³/mol. The summed E-state index contributed by atoms with van der Waals surface area (Å²) in [7, 11) is 3.13. The number of rotatable bonds is 7. The average molecular weight is 423 g/mol. The summed E-state index contributed by atoms with van der Waals surface area (Å²) in [5.41, 5.74) is 2.78. The van der Waals surface area contributed by atoms with Gasteiger partial charge in [-0.05, 0) is 23.8 Å². The predicted octanol–water partition coefficient (Wildman–Crippen LogP) is 5.35. The Morgan fingerprint density at radius 3 is 2.59 bits per heavy atom. The van der Waals surface area contributed by atoms with Crippen molar-refractivity contribution in [1.29, 1.82) is 0 Å². The van der Waals surface area contributed by atoms with Crippen LogP contribution in [0.15, 0.2) is 65.3 Å². The van der Waals surface area contributed by atoms with E-state index >= 15 is 0 Å². The molecule has 7 heteroatoms. The quantitative estimate of drug-likeness (QED) is 0.227. The second-order valence-corrected chi connectivity index (χ2v) is 7.98. The van der Waals surface area contributed by atoms with Gasteiger partial charge in [0.2, 0.25) is 0 Å². The topological polar surface area (TPSA) is 61.3 Å². The number of ketones is 1. The van der Waals surface area contributed by atoms with E-state index in [2.05, 4.69) is 27.5 Å². The van der Waals surface area contributed by atoms with Gasteiger partial charge in [-0.1, -0.05) is 42.1 Å². The molecule has 0 unspecified atom stereocenters. The second-order valence-electron chi connectivity index (χ2n) is 6.16. The maximum atomic E-state index is 12.8. The lowest BCUT2D eigenvalue weighted by atomic mass is 10.1. The molecule has 146 valence electrons. The summed E-state index contributed by atoms with van der Waals surface area (Å²) < 4.78 is 10.5. The highest BCUT2D eigenvalue weighted by Gasteiger charge is 2.16. The lowest BCUT2D eigenvalue weighted by Crippen LogP contribution is -2.04. The van der Waals surface area contributed by atoms with Gasteiger partial charge in [-0.2, -0.15) is 0 Å². The smallest absolute Gasteiger partial charge is 0.173 e. The number of Topliss-reactive ketones (excluding diaryl/α,β-unsaturated/α-hetero) is 1. The van der Waals surface area contributed by atoms with E-state index in [0.717, 1.165) is 26.4 Å². The lowest BCUT2D eigenvalue weighted by molar-refractivity contribution is 0.102. The second kappa shape index (κ2) is 8.63. The Morgan fingerprint density at radius 2 is 1.83 bits per heavy atom. The molecule has 0 aliphatic rings. The van der Waals surface area contributed by atoms with Crippen LogP contribution >= 0.6 is 23.1 Å². The fraction of sp³-hybridized carbons (Fsp3) is 0.136. The molecule has 4 rings (SSSR count). The Labute approximate surface area is 176 Å². The summed E-state index contributed by atoms with van der Waals surface area (Å²) in [6, 6.07) is 15.3. The van der Waals surface area contributed by atoms with E-state index < -0.39 is 0 Å². The average Bonchev–Trinajstić information content (AvgIpc) is 3.22. The van der Waals surface area contributed by atoms with Crippen molar-refractivity contribution in [2.45, 2.75) is 5.03 Å². The first kappa shape index (κ1) is 19.4.